The average Bonchev–Trinajstić information content (AvgIpc) is 2.53. The van der Waals surface area contributed by atoms with E-state index in [-0.39, 0.29) is 17.4 Å². The number of nitrogens with one attached hydrogen (secondary N) is 1. The van der Waals surface area contributed by atoms with Gasteiger partial charge in [0.1, 0.15) is 0 Å². The van der Waals surface area contributed by atoms with Crippen LogP contribution in [0.5, 0.6) is 11.5 Å². The van der Waals surface area contributed by atoms with Gasteiger partial charge < -0.3 is 19.9 Å². The highest BCUT2D eigenvalue weighted by Crippen LogP contribution is 2.35. The summed E-state index contributed by atoms with van der Waals surface area (Å²) in [5, 5.41) is 12.4. The molecule has 1 rings (SSSR count). The van der Waals surface area contributed by atoms with E-state index in [9.17, 15) is 14.7 Å². The van der Waals surface area contributed by atoms with Crippen molar-refractivity contribution >= 4 is 33.9 Å². The first-order valence-electron chi connectivity index (χ1n) is 7.47. The number of esters is 1. The second kappa shape index (κ2) is 9.32. The van der Waals surface area contributed by atoms with Crippen LogP contribution in [0.15, 0.2) is 22.7 Å². The van der Waals surface area contributed by atoms with Crippen LogP contribution in [0, 0.1) is 5.92 Å². The van der Waals surface area contributed by atoms with Gasteiger partial charge in [0.25, 0.3) is 5.91 Å². The van der Waals surface area contributed by atoms with Gasteiger partial charge in [-0.2, -0.15) is 0 Å². The number of hydrogen-bond donors (Lipinski definition) is 2. The third-order valence-electron chi connectivity index (χ3n) is 3.03. The Morgan fingerprint density at radius 2 is 2.00 bits per heavy atom. The SMILES string of the molecule is COc1cc(/C=C/C(=O)O[C@H](C)C(=O)NCC(C)C)cc(Br)c1O. The Kier molecular flexibility index (Phi) is 7.78. The van der Waals surface area contributed by atoms with Crippen LogP contribution in [-0.4, -0.2) is 36.7 Å². The predicted molar refractivity (Wildman–Crippen MR) is 94.8 cm³/mol. The molecule has 0 aliphatic heterocycles. The van der Waals surface area contributed by atoms with Crippen molar-refractivity contribution in [2.75, 3.05) is 13.7 Å². The Morgan fingerprint density at radius 3 is 2.58 bits per heavy atom. The molecule has 0 aliphatic rings. The maximum absolute atomic E-state index is 11.8. The quantitative estimate of drug-likeness (QED) is 0.543. The Hall–Kier alpha value is -2.02. The van der Waals surface area contributed by atoms with Gasteiger partial charge >= 0.3 is 5.97 Å². The fourth-order valence-corrected chi connectivity index (χ4v) is 2.19. The summed E-state index contributed by atoms with van der Waals surface area (Å²) in [5.74, 6) is -0.393. The summed E-state index contributed by atoms with van der Waals surface area (Å²) in [5.41, 5.74) is 0.630. The lowest BCUT2D eigenvalue weighted by Gasteiger charge is -2.13. The topological polar surface area (TPSA) is 84.9 Å². The summed E-state index contributed by atoms with van der Waals surface area (Å²) in [4.78, 5) is 23.6. The Balaban J connectivity index is 2.66. The first-order chi connectivity index (χ1) is 11.2. The summed E-state index contributed by atoms with van der Waals surface area (Å²) in [6.07, 6.45) is 1.85. The number of benzene rings is 1. The van der Waals surface area contributed by atoms with Crippen LogP contribution in [0.4, 0.5) is 0 Å². The Morgan fingerprint density at radius 1 is 1.33 bits per heavy atom. The predicted octanol–water partition coefficient (Wildman–Crippen LogP) is 2.88. The molecule has 0 aliphatic carbocycles. The van der Waals surface area contributed by atoms with Crippen molar-refractivity contribution in [1.29, 1.82) is 0 Å². The largest absolute Gasteiger partial charge is 0.503 e. The normalized spacial score (nSPS) is 12.2. The minimum absolute atomic E-state index is 0.0207. The molecule has 0 radical (unpaired) electrons. The first-order valence-corrected chi connectivity index (χ1v) is 8.26. The summed E-state index contributed by atoms with van der Waals surface area (Å²) in [6, 6.07) is 3.20. The monoisotopic (exact) mass is 399 g/mol. The second-order valence-electron chi connectivity index (χ2n) is 5.61. The van der Waals surface area contributed by atoms with Gasteiger partial charge in [0.15, 0.2) is 17.6 Å². The number of phenolic OH excluding ortho intramolecular Hbond substituents is 1. The van der Waals surface area contributed by atoms with Crippen molar-refractivity contribution in [2.45, 2.75) is 26.9 Å². The van der Waals surface area contributed by atoms with Gasteiger partial charge in [-0.25, -0.2) is 4.79 Å². The molecule has 0 heterocycles. The van der Waals surface area contributed by atoms with Crippen molar-refractivity contribution < 1.29 is 24.2 Å². The third-order valence-corrected chi connectivity index (χ3v) is 3.63. The number of halogens is 1. The highest BCUT2D eigenvalue weighted by atomic mass is 79.9. The average molecular weight is 400 g/mol. The molecule has 132 valence electrons. The standard InChI is InChI=1S/C17H22BrNO5/c1-10(2)9-19-17(22)11(3)24-15(20)6-5-12-7-13(18)16(21)14(8-12)23-4/h5-8,10-11,21H,9H2,1-4H3,(H,19,22)/b6-5+/t11-/m1/s1. The Bertz CT molecular complexity index is 628. The van der Waals surface area contributed by atoms with E-state index in [1.807, 2.05) is 13.8 Å². The molecule has 0 spiro atoms. The van der Waals surface area contributed by atoms with Gasteiger partial charge in [-0.15, -0.1) is 0 Å². The maximum Gasteiger partial charge on any atom is 0.331 e. The smallest absolute Gasteiger partial charge is 0.331 e. The van der Waals surface area contributed by atoms with E-state index in [0.717, 1.165) is 0 Å². The van der Waals surface area contributed by atoms with Crippen LogP contribution in [0.3, 0.4) is 0 Å². The number of rotatable bonds is 7. The van der Waals surface area contributed by atoms with Crippen LogP contribution in [0.25, 0.3) is 6.08 Å². The molecule has 1 atom stereocenters. The lowest BCUT2D eigenvalue weighted by molar-refractivity contribution is -0.150. The summed E-state index contributed by atoms with van der Waals surface area (Å²) in [7, 11) is 1.43. The molecule has 1 aromatic carbocycles. The zero-order valence-corrected chi connectivity index (χ0v) is 15.7. The number of aromatic hydroxyl groups is 1. The van der Waals surface area contributed by atoms with Gasteiger partial charge in [0, 0.05) is 12.6 Å². The van der Waals surface area contributed by atoms with E-state index in [1.54, 1.807) is 12.1 Å². The number of phenols is 1. The molecule has 24 heavy (non-hydrogen) atoms. The fraction of sp³-hybridized carbons (Fsp3) is 0.412. The minimum atomic E-state index is -0.873. The van der Waals surface area contributed by atoms with Gasteiger partial charge in [0.05, 0.1) is 11.6 Å². The zero-order chi connectivity index (χ0) is 18.3. The van der Waals surface area contributed by atoms with Crippen LogP contribution < -0.4 is 10.1 Å². The number of carbonyl (C=O) groups excluding carboxylic acids is 2. The van der Waals surface area contributed by atoms with Crippen molar-refractivity contribution in [3.8, 4) is 11.5 Å². The molecule has 0 bridgehead atoms. The number of amides is 1. The van der Waals surface area contributed by atoms with Crippen molar-refractivity contribution in [2.24, 2.45) is 5.92 Å². The first kappa shape index (κ1) is 20.0. The molecule has 0 fully saturated rings. The molecule has 1 amide bonds. The summed E-state index contributed by atoms with van der Waals surface area (Å²) < 4.78 is 10.5. The number of ether oxygens (including phenoxy) is 2. The molecule has 0 saturated carbocycles. The van der Waals surface area contributed by atoms with E-state index in [1.165, 1.54) is 26.2 Å². The molecular weight excluding hydrogens is 378 g/mol. The summed E-state index contributed by atoms with van der Waals surface area (Å²) >= 11 is 3.20. The van der Waals surface area contributed by atoms with Crippen molar-refractivity contribution in [1.82, 2.24) is 5.32 Å². The minimum Gasteiger partial charge on any atom is -0.503 e. The van der Waals surface area contributed by atoms with Crippen LogP contribution >= 0.6 is 15.9 Å². The molecule has 7 heteroatoms. The van der Waals surface area contributed by atoms with Crippen molar-refractivity contribution in [3.63, 3.8) is 0 Å². The molecule has 0 unspecified atom stereocenters. The van der Waals surface area contributed by atoms with Crippen LogP contribution in [0.1, 0.15) is 26.3 Å². The van der Waals surface area contributed by atoms with Gasteiger partial charge in [-0.1, -0.05) is 13.8 Å². The van der Waals surface area contributed by atoms with Gasteiger partial charge in [0.2, 0.25) is 0 Å². The van der Waals surface area contributed by atoms with Crippen LogP contribution in [-0.2, 0) is 14.3 Å². The second-order valence-corrected chi connectivity index (χ2v) is 6.46. The lowest BCUT2D eigenvalue weighted by atomic mass is 10.2. The summed E-state index contributed by atoms with van der Waals surface area (Å²) in [6.45, 7) is 5.99. The van der Waals surface area contributed by atoms with Gasteiger partial charge in [-0.3, -0.25) is 4.79 Å². The fourth-order valence-electron chi connectivity index (χ4n) is 1.73. The van der Waals surface area contributed by atoms with E-state index < -0.39 is 12.1 Å². The number of methoxy groups -OCH3 is 1. The molecule has 0 aromatic heterocycles. The molecule has 6 nitrogen and oxygen atoms in total. The zero-order valence-electron chi connectivity index (χ0n) is 14.1. The van der Waals surface area contributed by atoms with Crippen molar-refractivity contribution in [3.05, 3.63) is 28.2 Å². The van der Waals surface area contributed by atoms with E-state index in [2.05, 4.69) is 21.2 Å². The van der Waals surface area contributed by atoms with Crippen LogP contribution in [0.2, 0.25) is 0 Å². The van der Waals surface area contributed by atoms with Gasteiger partial charge in [-0.05, 0) is 52.5 Å². The molecule has 1 aromatic rings. The molecule has 0 saturated heterocycles. The highest BCUT2D eigenvalue weighted by molar-refractivity contribution is 9.10. The lowest BCUT2D eigenvalue weighted by Crippen LogP contribution is -2.37. The van der Waals surface area contributed by atoms with E-state index in [4.69, 9.17) is 9.47 Å². The Labute approximate surface area is 150 Å². The van der Waals surface area contributed by atoms with E-state index >= 15 is 0 Å². The highest BCUT2D eigenvalue weighted by Gasteiger charge is 2.16. The number of carbonyl (C=O) groups is 2. The third kappa shape index (κ3) is 6.23. The number of hydrogen-bond acceptors (Lipinski definition) is 5. The molecular formula is C17H22BrNO5. The maximum atomic E-state index is 11.8. The molecule has 2 N–H and O–H groups in total. The van der Waals surface area contributed by atoms with E-state index in [0.29, 0.717) is 22.5 Å².